The Morgan fingerprint density at radius 2 is 1.44 bits per heavy atom. The van der Waals surface area contributed by atoms with Crippen LogP contribution in [0.5, 0.6) is 0 Å². The number of carbonyl (C=O) groups is 4. The van der Waals surface area contributed by atoms with Gasteiger partial charge in [-0.3, -0.25) is 28.9 Å². The number of nitrogens with zero attached hydrogens (tertiary/aromatic N) is 5. The number of H-pyrrole nitrogens is 1. The molecule has 3 aliphatic heterocycles. The molecule has 1 atom stereocenters. The molecule has 1 aromatic heterocycles. The van der Waals surface area contributed by atoms with Gasteiger partial charge in [0, 0.05) is 64.2 Å². The van der Waals surface area contributed by atoms with Crippen molar-refractivity contribution < 1.29 is 32.7 Å². The zero-order valence-electron chi connectivity index (χ0n) is 34.8. The second-order valence-electron chi connectivity index (χ2n) is 18.7. The fraction of sp³-hybridized carbons (Fsp3) is 0.609. The summed E-state index contributed by atoms with van der Waals surface area (Å²) >= 11 is 0. The minimum absolute atomic E-state index is 0.00229. The molecule has 61 heavy (non-hydrogen) atoms. The number of carbonyl (C=O) groups excluding carboxylic acids is 4. The largest absolute Gasteiger partial charge is 0.375 e. The number of amides is 4. The third-order valence-electron chi connectivity index (χ3n) is 14.5. The van der Waals surface area contributed by atoms with Crippen molar-refractivity contribution in [3.8, 4) is 0 Å². The molecule has 326 valence electrons. The van der Waals surface area contributed by atoms with Crippen molar-refractivity contribution in [2.45, 2.75) is 107 Å². The lowest BCUT2D eigenvalue weighted by molar-refractivity contribution is -0.214. The number of rotatable bonds is 11. The van der Waals surface area contributed by atoms with Gasteiger partial charge < -0.3 is 24.8 Å². The van der Waals surface area contributed by atoms with Crippen LogP contribution >= 0.6 is 0 Å². The van der Waals surface area contributed by atoms with Gasteiger partial charge in [-0.2, -0.15) is 5.10 Å². The van der Waals surface area contributed by atoms with E-state index in [-0.39, 0.29) is 66.2 Å². The van der Waals surface area contributed by atoms with Gasteiger partial charge in [0.1, 0.15) is 17.5 Å². The normalized spacial score (nSPS) is 25.8. The maximum Gasteiger partial charge on any atom is 0.272 e. The Hall–Kier alpha value is -4.76. The SMILES string of the molecule is O=C(CN1CCC(OC2CCN(C(=O)C(NC(=O)C34CC(F)(C3)C4)C3CCCCC3)CC2)CC1)N1CCN(C(=O)c2cc(Cc3n[nH]c(=O)c4ccccc34)ccc2F)CC1. The zero-order chi connectivity index (χ0) is 42.3. The third kappa shape index (κ3) is 8.69. The molecule has 7 fully saturated rings. The first kappa shape index (κ1) is 41.6. The number of benzene rings is 2. The van der Waals surface area contributed by atoms with E-state index in [0.29, 0.717) is 74.3 Å². The molecular formula is C46H57F2N7O6. The Kier molecular flexibility index (Phi) is 11.7. The maximum absolute atomic E-state index is 15.0. The summed E-state index contributed by atoms with van der Waals surface area (Å²) in [5, 5.41) is 11.1. The van der Waals surface area contributed by atoms with Crippen LogP contribution in [0.15, 0.2) is 47.3 Å². The molecule has 10 rings (SSSR count). The molecule has 13 nitrogen and oxygen atoms in total. The molecule has 15 heteroatoms. The molecule has 4 aliphatic carbocycles. The fourth-order valence-electron chi connectivity index (χ4n) is 10.9. The van der Waals surface area contributed by atoms with Crippen molar-refractivity contribution in [1.82, 2.24) is 35.1 Å². The first-order valence-corrected chi connectivity index (χ1v) is 22.4. The van der Waals surface area contributed by atoms with Gasteiger partial charge in [0.25, 0.3) is 11.5 Å². The molecule has 2 aromatic carbocycles. The van der Waals surface area contributed by atoms with E-state index in [4.69, 9.17) is 4.74 Å². The van der Waals surface area contributed by atoms with Gasteiger partial charge >= 0.3 is 0 Å². The average Bonchev–Trinajstić information content (AvgIpc) is 3.26. The van der Waals surface area contributed by atoms with E-state index in [1.165, 1.54) is 6.07 Å². The number of aromatic nitrogens is 2. The summed E-state index contributed by atoms with van der Waals surface area (Å²) in [5.74, 6) is -1.04. The van der Waals surface area contributed by atoms with E-state index in [9.17, 15) is 28.4 Å². The number of ether oxygens (including phenoxy) is 1. The van der Waals surface area contributed by atoms with Crippen molar-refractivity contribution in [3.63, 3.8) is 0 Å². The fourth-order valence-corrected chi connectivity index (χ4v) is 10.9. The van der Waals surface area contributed by atoms with Crippen molar-refractivity contribution in [1.29, 1.82) is 0 Å². The summed E-state index contributed by atoms with van der Waals surface area (Å²) < 4.78 is 35.8. The van der Waals surface area contributed by atoms with Crippen LogP contribution in [0.25, 0.3) is 10.8 Å². The molecule has 2 bridgehead atoms. The monoisotopic (exact) mass is 841 g/mol. The molecule has 3 aromatic rings. The average molecular weight is 842 g/mol. The standard InChI is InChI=1S/C46H57F2N7O6/c47-37-11-10-30(25-38-34-8-4-5-9-35(34)41(57)51-50-38)24-36(37)42(58)55-22-20-53(21-23-55)39(56)26-52-16-12-32(13-17-52)61-33-14-18-54(19-15-33)43(59)40(31-6-2-1-3-7-31)49-44(60)45-27-46(48,28-45)29-45/h4-5,8-11,24,31-33,40H,1-3,6-7,12-23,25-29H2,(H,49,60)(H,51,57). The number of hydrogen-bond acceptors (Lipinski definition) is 8. The molecule has 4 saturated carbocycles. The third-order valence-corrected chi connectivity index (χ3v) is 14.5. The number of aromatic amines is 1. The van der Waals surface area contributed by atoms with Crippen molar-refractivity contribution in [2.75, 3.05) is 58.9 Å². The highest BCUT2D eigenvalue weighted by atomic mass is 19.1. The Morgan fingerprint density at radius 3 is 2.11 bits per heavy atom. The molecule has 3 saturated heterocycles. The molecule has 4 amide bonds. The smallest absolute Gasteiger partial charge is 0.272 e. The van der Waals surface area contributed by atoms with Crippen LogP contribution < -0.4 is 10.9 Å². The summed E-state index contributed by atoms with van der Waals surface area (Å²) in [7, 11) is 0. The summed E-state index contributed by atoms with van der Waals surface area (Å²) in [6.07, 6.45) is 9.54. The second-order valence-corrected chi connectivity index (χ2v) is 18.7. The molecule has 7 aliphatic rings. The topological polar surface area (TPSA) is 148 Å². The van der Waals surface area contributed by atoms with Gasteiger partial charge in [0.2, 0.25) is 17.7 Å². The highest BCUT2D eigenvalue weighted by molar-refractivity contribution is 5.95. The highest BCUT2D eigenvalue weighted by Crippen LogP contribution is 2.69. The molecule has 4 heterocycles. The molecule has 0 radical (unpaired) electrons. The lowest BCUT2D eigenvalue weighted by Gasteiger charge is -2.64. The van der Waals surface area contributed by atoms with Crippen LogP contribution in [0, 0.1) is 17.2 Å². The van der Waals surface area contributed by atoms with E-state index < -0.39 is 28.8 Å². The number of hydrogen-bond donors (Lipinski definition) is 2. The maximum atomic E-state index is 15.0. The number of likely N-dealkylation sites (tertiary alicyclic amines) is 2. The summed E-state index contributed by atoms with van der Waals surface area (Å²) in [4.78, 5) is 73.7. The van der Waals surface area contributed by atoms with Crippen LogP contribution in [0.2, 0.25) is 0 Å². The number of piperazine rings is 1. The van der Waals surface area contributed by atoms with Crippen molar-refractivity contribution >= 4 is 34.4 Å². The van der Waals surface area contributed by atoms with Gasteiger partial charge in [-0.15, -0.1) is 0 Å². The lowest BCUT2D eigenvalue weighted by atomic mass is 9.42. The van der Waals surface area contributed by atoms with Crippen LogP contribution in [-0.2, 0) is 25.5 Å². The van der Waals surface area contributed by atoms with E-state index in [1.807, 2.05) is 17.0 Å². The molecule has 1 unspecified atom stereocenters. The zero-order valence-corrected chi connectivity index (χ0v) is 34.8. The van der Waals surface area contributed by atoms with Gasteiger partial charge in [-0.05, 0) is 87.5 Å². The Morgan fingerprint density at radius 1 is 0.803 bits per heavy atom. The first-order valence-electron chi connectivity index (χ1n) is 22.4. The van der Waals surface area contributed by atoms with Crippen LogP contribution in [0.4, 0.5) is 8.78 Å². The molecular weight excluding hydrogens is 785 g/mol. The number of nitrogens with one attached hydrogen (secondary N) is 2. The van der Waals surface area contributed by atoms with Crippen LogP contribution in [0.1, 0.15) is 98.7 Å². The van der Waals surface area contributed by atoms with Gasteiger partial charge in [0.05, 0.1) is 40.8 Å². The summed E-state index contributed by atoms with van der Waals surface area (Å²) in [6, 6.07) is 11.1. The second kappa shape index (κ2) is 17.2. The number of fused-ring (bicyclic) bond motifs is 1. The van der Waals surface area contributed by atoms with Gasteiger partial charge in [0.15, 0.2) is 0 Å². The van der Waals surface area contributed by atoms with Crippen molar-refractivity contribution in [3.05, 3.63) is 75.5 Å². The summed E-state index contributed by atoms with van der Waals surface area (Å²) in [6.45, 7) is 4.28. The van der Waals surface area contributed by atoms with Crippen LogP contribution in [-0.4, -0.2) is 136 Å². The van der Waals surface area contributed by atoms with E-state index >= 15 is 4.39 Å². The predicted octanol–water partition coefficient (Wildman–Crippen LogP) is 4.37. The van der Waals surface area contributed by atoms with Crippen molar-refractivity contribution in [2.24, 2.45) is 11.3 Å². The van der Waals surface area contributed by atoms with Gasteiger partial charge in [-0.25, -0.2) is 13.9 Å². The Balaban J connectivity index is 0.700. The van der Waals surface area contributed by atoms with Crippen LogP contribution in [0.3, 0.4) is 0 Å². The Bertz CT molecular complexity index is 2190. The lowest BCUT2D eigenvalue weighted by Crippen LogP contribution is -2.71. The number of halogens is 2. The Labute approximate surface area is 354 Å². The summed E-state index contributed by atoms with van der Waals surface area (Å²) in [5.41, 5.74) is -0.770. The quantitative estimate of drug-likeness (QED) is 0.290. The minimum Gasteiger partial charge on any atom is -0.375 e. The minimum atomic E-state index is -1.16. The number of piperidine rings is 2. The van der Waals surface area contributed by atoms with Gasteiger partial charge in [-0.1, -0.05) is 43.5 Å². The predicted molar refractivity (Wildman–Crippen MR) is 223 cm³/mol. The molecule has 2 N–H and O–H groups in total. The molecule has 0 spiro atoms. The van der Waals surface area contributed by atoms with E-state index in [0.717, 1.165) is 70.9 Å². The van der Waals surface area contributed by atoms with E-state index in [1.54, 1.807) is 34.1 Å². The number of alkyl halides is 1. The van der Waals surface area contributed by atoms with E-state index in [2.05, 4.69) is 20.4 Å². The first-order chi connectivity index (χ1) is 29.5. The highest BCUT2D eigenvalue weighted by Gasteiger charge is 2.73.